The van der Waals surface area contributed by atoms with Crippen molar-refractivity contribution in [2.24, 2.45) is 7.05 Å². The van der Waals surface area contributed by atoms with Gasteiger partial charge >= 0.3 is 0 Å². The lowest BCUT2D eigenvalue weighted by molar-refractivity contribution is 0.0453. The lowest BCUT2D eigenvalue weighted by atomic mass is 9.94. The first-order chi connectivity index (χ1) is 9.99. The van der Waals surface area contributed by atoms with Crippen molar-refractivity contribution >= 4 is 17.5 Å². The molecular formula is C15H15ClFN3O. The summed E-state index contributed by atoms with van der Waals surface area (Å²) in [5, 5.41) is 4.56. The molecule has 0 radical (unpaired) electrons. The summed E-state index contributed by atoms with van der Waals surface area (Å²) in [6.07, 6.45) is 0.818. The molecule has 1 fully saturated rings. The maximum absolute atomic E-state index is 13.3. The quantitative estimate of drug-likeness (QED) is 0.855. The Kier molecular flexibility index (Phi) is 3.45. The van der Waals surface area contributed by atoms with Gasteiger partial charge in [-0.05, 0) is 31.0 Å². The summed E-state index contributed by atoms with van der Waals surface area (Å²) in [4.78, 5) is 14.2. The third-order valence-electron chi connectivity index (χ3n) is 3.98. The maximum atomic E-state index is 13.3. The van der Waals surface area contributed by atoms with E-state index in [9.17, 15) is 9.18 Å². The molecule has 1 saturated heterocycles. The van der Waals surface area contributed by atoms with E-state index in [1.807, 2.05) is 13.0 Å². The lowest BCUT2D eigenvalue weighted by Crippen LogP contribution is -2.45. The van der Waals surface area contributed by atoms with Gasteiger partial charge in [0.1, 0.15) is 5.82 Å². The number of rotatable bonds is 2. The molecule has 4 nitrogen and oxygen atoms in total. The highest BCUT2D eigenvalue weighted by molar-refractivity contribution is 6.34. The molecular weight excluding hydrogens is 293 g/mol. The van der Waals surface area contributed by atoms with E-state index in [0.717, 1.165) is 17.7 Å². The van der Waals surface area contributed by atoms with Gasteiger partial charge in [0.2, 0.25) is 0 Å². The van der Waals surface area contributed by atoms with E-state index in [-0.39, 0.29) is 23.5 Å². The third-order valence-corrected chi connectivity index (χ3v) is 4.43. The first-order valence-corrected chi connectivity index (χ1v) is 7.12. The average molecular weight is 308 g/mol. The lowest BCUT2D eigenvalue weighted by Gasteiger charge is -2.41. The van der Waals surface area contributed by atoms with Crippen LogP contribution in [0.1, 0.15) is 34.2 Å². The van der Waals surface area contributed by atoms with E-state index in [1.165, 1.54) is 12.1 Å². The zero-order chi connectivity index (χ0) is 15.1. The number of amides is 1. The topological polar surface area (TPSA) is 38.1 Å². The van der Waals surface area contributed by atoms with Gasteiger partial charge in [0.05, 0.1) is 16.8 Å². The Morgan fingerprint density at radius 1 is 1.48 bits per heavy atom. The third kappa shape index (κ3) is 2.31. The number of aryl methyl sites for hydroxylation is 1. The number of hydrogen-bond acceptors (Lipinski definition) is 2. The fraction of sp³-hybridized carbons (Fsp3) is 0.333. The van der Waals surface area contributed by atoms with Crippen molar-refractivity contribution in [3.8, 4) is 0 Å². The van der Waals surface area contributed by atoms with Crippen LogP contribution in [0.5, 0.6) is 0 Å². The van der Waals surface area contributed by atoms with Crippen LogP contribution in [0.3, 0.4) is 0 Å². The van der Waals surface area contributed by atoms with Gasteiger partial charge in [0.15, 0.2) is 5.69 Å². The van der Waals surface area contributed by atoms with E-state index >= 15 is 0 Å². The smallest absolute Gasteiger partial charge is 0.276 e. The molecule has 0 saturated carbocycles. The molecule has 6 heteroatoms. The molecule has 110 valence electrons. The minimum atomic E-state index is -0.293. The minimum Gasteiger partial charge on any atom is -0.330 e. The van der Waals surface area contributed by atoms with Crippen LogP contribution in [0, 0.1) is 12.7 Å². The van der Waals surface area contributed by atoms with Gasteiger partial charge in [0.25, 0.3) is 5.91 Å². The van der Waals surface area contributed by atoms with E-state index in [2.05, 4.69) is 5.10 Å². The number of carbonyl (C=O) groups excluding carboxylic acids is 1. The van der Waals surface area contributed by atoms with E-state index < -0.39 is 0 Å². The molecule has 1 aromatic heterocycles. The number of halogens is 2. The van der Waals surface area contributed by atoms with Crippen molar-refractivity contribution in [2.45, 2.75) is 19.4 Å². The van der Waals surface area contributed by atoms with Crippen LogP contribution in [0.2, 0.25) is 5.02 Å². The molecule has 0 N–H and O–H groups in total. The highest BCUT2D eigenvalue weighted by Gasteiger charge is 2.36. The van der Waals surface area contributed by atoms with E-state index in [1.54, 1.807) is 22.7 Å². The van der Waals surface area contributed by atoms with Crippen molar-refractivity contribution in [3.63, 3.8) is 0 Å². The van der Waals surface area contributed by atoms with Crippen LogP contribution in [0.15, 0.2) is 24.3 Å². The Hall–Kier alpha value is -1.88. The van der Waals surface area contributed by atoms with Gasteiger partial charge in [-0.1, -0.05) is 23.7 Å². The molecule has 2 heterocycles. The zero-order valence-corrected chi connectivity index (χ0v) is 12.6. The van der Waals surface area contributed by atoms with Crippen LogP contribution in [0.4, 0.5) is 4.39 Å². The van der Waals surface area contributed by atoms with Crippen LogP contribution >= 0.6 is 11.6 Å². The van der Waals surface area contributed by atoms with Crippen molar-refractivity contribution in [3.05, 3.63) is 52.1 Å². The fourth-order valence-electron chi connectivity index (χ4n) is 2.55. The molecule has 0 spiro atoms. The molecule has 3 rings (SSSR count). The second-order valence-electron chi connectivity index (χ2n) is 5.23. The van der Waals surface area contributed by atoms with Crippen LogP contribution in [-0.4, -0.2) is 27.1 Å². The standard InChI is InChI=1S/C15H15ClFN3O/c1-9-13(16)14(18-19(9)2)15(21)20-7-6-12(20)10-4-3-5-11(17)8-10/h3-5,8,12H,6-7H2,1-2H3. The normalized spacial score (nSPS) is 17.7. The average Bonchev–Trinajstić information content (AvgIpc) is 2.65. The first-order valence-electron chi connectivity index (χ1n) is 6.74. The number of aromatic nitrogens is 2. The predicted octanol–water partition coefficient (Wildman–Crippen LogP) is 3.11. The summed E-state index contributed by atoms with van der Waals surface area (Å²) in [7, 11) is 1.75. The largest absolute Gasteiger partial charge is 0.330 e. The van der Waals surface area contributed by atoms with Crippen LogP contribution in [-0.2, 0) is 7.05 Å². The van der Waals surface area contributed by atoms with Gasteiger partial charge < -0.3 is 4.90 Å². The summed E-state index contributed by atoms with van der Waals surface area (Å²) in [5.74, 6) is -0.497. The van der Waals surface area contributed by atoms with Gasteiger partial charge in [-0.3, -0.25) is 9.48 Å². The van der Waals surface area contributed by atoms with Crippen LogP contribution < -0.4 is 0 Å². The predicted molar refractivity (Wildman–Crippen MR) is 77.7 cm³/mol. The summed E-state index contributed by atoms with van der Waals surface area (Å²) < 4.78 is 14.9. The first kappa shape index (κ1) is 14.1. The number of carbonyl (C=O) groups is 1. The zero-order valence-electron chi connectivity index (χ0n) is 11.8. The Balaban J connectivity index is 1.87. The van der Waals surface area contributed by atoms with Crippen molar-refractivity contribution < 1.29 is 9.18 Å². The van der Waals surface area contributed by atoms with Gasteiger partial charge in [0, 0.05) is 13.6 Å². The molecule has 0 bridgehead atoms. The summed E-state index contributed by atoms with van der Waals surface area (Å²) >= 11 is 6.16. The highest BCUT2D eigenvalue weighted by atomic mass is 35.5. The number of benzene rings is 1. The summed E-state index contributed by atoms with van der Waals surface area (Å²) in [5.41, 5.74) is 1.82. The van der Waals surface area contributed by atoms with Crippen molar-refractivity contribution in [2.75, 3.05) is 6.54 Å². The maximum Gasteiger partial charge on any atom is 0.276 e. The number of likely N-dealkylation sites (tertiary alicyclic amines) is 1. The molecule has 1 amide bonds. The van der Waals surface area contributed by atoms with E-state index in [0.29, 0.717) is 11.6 Å². The number of hydrogen-bond donors (Lipinski definition) is 0. The molecule has 1 aromatic carbocycles. The summed E-state index contributed by atoms with van der Waals surface area (Å²) in [6.45, 7) is 2.44. The van der Waals surface area contributed by atoms with E-state index in [4.69, 9.17) is 11.6 Å². The molecule has 21 heavy (non-hydrogen) atoms. The van der Waals surface area contributed by atoms with Gasteiger partial charge in [-0.25, -0.2) is 4.39 Å². The molecule has 1 unspecified atom stereocenters. The molecule has 2 aromatic rings. The molecule has 1 aliphatic rings. The highest BCUT2D eigenvalue weighted by Crippen LogP contribution is 2.35. The summed E-state index contributed by atoms with van der Waals surface area (Å²) in [6, 6.07) is 6.25. The Labute approximate surface area is 127 Å². The molecule has 1 aliphatic heterocycles. The Morgan fingerprint density at radius 3 is 2.76 bits per heavy atom. The molecule has 0 aliphatic carbocycles. The van der Waals surface area contributed by atoms with Crippen molar-refractivity contribution in [1.82, 2.24) is 14.7 Å². The van der Waals surface area contributed by atoms with Gasteiger partial charge in [-0.15, -0.1) is 0 Å². The Morgan fingerprint density at radius 2 is 2.24 bits per heavy atom. The second kappa shape index (κ2) is 5.15. The molecule has 1 atom stereocenters. The van der Waals surface area contributed by atoms with Crippen LogP contribution in [0.25, 0.3) is 0 Å². The monoisotopic (exact) mass is 307 g/mol. The fourth-order valence-corrected chi connectivity index (χ4v) is 2.79. The Bertz CT molecular complexity index is 713. The SMILES string of the molecule is Cc1c(Cl)c(C(=O)N2CCC2c2cccc(F)c2)nn1C. The minimum absolute atomic E-state index is 0.105. The van der Waals surface area contributed by atoms with Gasteiger partial charge in [-0.2, -0.15) is 5.10 Å². The van der Waals surface area contributed by atoms with Crippen molar-refractivity contribution in [1.29, 1.82) is 0 Å². The second-order valence-corrected chi connectivity index (χ2v) is 5.61. The number of nitrogens with zero attached hydrogens (tertiary/aromatic N) is 3.